The minimum Gasteiger partial charge on any atom is -0.462 e. The van der Waals surface area contributed by atoms with Gasteiger partial charge in [0.05, 0.1) is 61.1 Å². The Morgan fingerprint density at radius 3 is 2.38 bits per heavy atom. The first-order valence-corrected chi connectivity index (χ1v) is 30.7. The number of thiophene rings is 1. The van der Waals surface area contributed by atoms with Crippen molar-refractivity contribution in [2.45, 2.75) is 211 Å². The van der Waals surface area contributed by atoms with E-state index in [2.05, 4.69) is 61.5 Å². The number of hydrogen-bond donors (Lipinski definition) is 5. The molecule has 0 radical (unpaired) electrons. The molecule has 9 rings (SSSR count). The van der Waals surface area contributed by atoms with E-state index in [9.17, 15) is 30.2 Å². The van der Waals surface area contributed by atoms with Crippen LogP contribution in [0.1, 0.15) is 128 Å². The summed E-state index contributed by atoms with van der Waals surface area (Å²) in [5.74, 6) is -2.86. The van der Waals surface area contributed by atoms with Crippen LogP contribution in [0.15, 0.2) is 76.8 Å². The molecule has 2 aromatic rings. The van der Waals surface area contributed by atoms with Crippen molar-refractivity contribution in [2.24, 2.45) is 23.7 Å². The number of aliphatic hydroxyl groups is 3. The zero-order valence-electron chi connectivity index (χ0n) is 49.4. The normalized spacial score (nSPS) is 39.7. The van der Waals surface area contributed by atoms with Crippen LogP contribution < -0.4 is 10.6 Å². The van der Waals surface area contributed by atoms with Gasteiger partial charge in [0.1, 0.15) is 46.9 Å². The Labute approximate surface area is 491 Å². The highest BCUT2D eigenvalue weighted by molar-refractivity contribution is 7.17. The standard InChI is InChI=1S/C47H70O14.C14H16N4OS2/c1-24(2)41-27(5)16-17-46(61-41)22-33-19-32(60-46)15-14-26(4)42(25(3)12-11-13-31-23-54-44-39(48)28(6)18-34(45(50)57-33)47(31,44)51)58-38-21-36(53-10)43(30(8)56-38)59-37-20-35(52-9)40(49)29(7)55-37;1-3-9-12(21-14(18-9)16-4-2)13(19)17-10(8-15)11-6-5-7-20-11/h11-14,16-18,24-25,27,29-30,32-44,48-49,51H,15,19-23H2,1-10H3;5-7,10H,3-4H2,1-2H3,(H,16,18)(H,17,19)/b12-11+,26-14+,31-13+;/t25-,27-,29-,30-,32+,33-,34-,35-,36-,37-,38-,39+,40-,41+,42-,43-,44+,46+,47+;/m0./s1. The molecule has 7 aliphatic rings. The van der Waals surface area contributed by atoms with Gasteiger partial charge in [-0.2, -0.15) is 5.26 Å². The number of aliphatic hydroxyl groups excluding tert-OH is 2. The quantitative estimate of drug-likeness (QED) is 0.0937. The molecule has 19 nitrogen and oxygen atoms in total. The van der Waals surface area contributed by atoms with Crippen LogP contribution in [0.25, 0.3) is 0 Å². The number of ether oxygens (including phenoxy) is 10. The van der Waals surface area contributed by atoms with Crippen LogP contribution in [0, 0.1) is 35.0 Å². The number of thiazole rings is 1. The molecule has 1 aliphatic carbocycles. The van der Waals surface area contributed by atoms with E-state index in [0.29, 0.717) is 54.5 Å². The number of methoxy groups -OCH3 is 2. The Kier molecular flexibility index (Phi) is 21.7. The highest BCUT2D eigenvalue weighted by atomic mass is 32.1. The first-order valence-electron chi connectivity index (χ1n) is 29.0. The maximum Gasteiger partial charge on any atom is 0.316 e. The number of hydrogen-bond acceptors (Lipinski definition) is 20. The predicted molar refractivity (Wildman–Crippen MR) is 308 cm³/mol. The number of carbonyl (C=O) groups excluding carboxylic acids is 2. The maximum absolute atomic E-state index is 14.3. The number of rotatable bonds is 13. The number of carbonyl (C=O) groups is 2. The monoisotopic (exact) mass is 1180 g/mol. The second kappa shape index (κ2) is 27.9. The number of nitrogens with zero attached hydrogens (tertiary/aromatic N) is 2. The minimum absolute atomic E-state index is 0.0313. The lowest BCUT2D eigenvalue weighted by Gasteiger charge is -2.48. The number of esters is 1. The fourth-order valence-electron chi connectivity index (χ4n) is 12.3. The Hall–Kier alpha value is -4.22. The molecule has 0 saturated carbocycles. The van der Waals surface area contributed by atoms with E-state index in [1.807, 2.05) is 63.4 Å². The van der Waals surface area contributed by atoms with Crippen LogP contribution in [0.5, 0.6) is 0 Å². The molecule has 2 bridgehead atoms. The molecule has 1 unspecified atom stereocenters. The molecule has 4 saturated heterocycles. The zero-order valence-corrected chi connectivity index (χ0v) is 51.0. The molecular formula is C61H86N4O15S2. The molecule has 0 aromatic carbocycles. The Bertz CT molecular complexity index is 2690. The number of aromatic nitrogens is 1. The van der Waals surface area contributed by atoms with Gasteiger partial charge in [0.15, 0.2) is 29.5 Å². The lowest BCUT2D eigenvalue weighted by atomic mass is 9.71. The van der Waals surface area contributed by atoms with E-state index >= 15 is 0 Å². The van der Waals surface area contributed by atoms with Crippen LogP contribution in [0.2, 0.25) is 0 Å². The third-order valence-corrected chi connectivity index (χ3v) is 18.7. The van der Waals surface area contributed by atoms with E-state index in [1.54, 1.807) is 40.2 Å². The maximum atomic E-state index is 14.3. The smallest absolute Gasteiger partial charge is 0.316 e. The lowest BCUT2D eigenvalue weighted by Crippen LogP contribution is -2.58. The largest absolute Gasteiger partial charge is 0.462 e. The summed E-state index contributed by atoms with van der Waals surface area (Å²) in [6.07, 6.45) is 8.22. The molecule has 21 heteroatoms. The van der Waals surface area contributed by atoms with Gasteiger partial charge in [-0.3, -0.25) is 9.59 Å². The van der Waals surface area contributed by atoms with Crippen molar-refractivity contribution in [1.82, 2.24) is 10.3 Å². The second-order valence-corrected chi connectivity index (χ2v) is 25.0. The number of nitriles is 1. The van der Waals surface area contributed by atoms with E-state index in [0.717, 1.165) is 27.8 Å². The summed E-state index contributed by atoms with van der Waals surface area (Å²) in [6, 6.07) is 5.21. The van der Waals surface area contributed by atoms with Gasteiger partial charge in [-0.1, -0.05) is 88.5 Å². The highest BCUT2D eigenvalue weighted by Crippen LogP contribution is 2.47. The summed E-state index contributed by atoms with van der Waals surface area (Å²) in [6.45, 7) is 20.7. The number of nitrogens with one attached hydrogen (secondary N) is 2. The molecule has 2 aromatic heterocycles. The van der Waals surface area contributed by atoms with Crippen LogP contribution in [0.4, 0.5) is 5.13 Å². The van der Waals surface area contributed by atoms with E-state index in [4.69, 9.17) is 47.4 Å². The Balaban J connectivity index is 0.000000351. The molecular weight excluding hydrogens is 1090 g/mol. The summed E-state index contributed by atoms with van der Waals surface area (Å²) in [5, 5.41) is 51.9. The molecule has 20 atom stereocenters. The van der Waals surface area contributed by atoms with Gasteiger partial charge in [-0.05, 0) is 87.6 Å². The molecule has 6 aliphatic heterocycles. The Morgan fingerprint density at radius 1 is 0.963 bits per heavy atom. The van der Waals surface area contributed by atoms with Gasteiger partial charge in [-0.25, -0.2) is 4.98 Å². The van der Waals surface area contributed by atoms with Crippen molar-refractivity contribution in [2.75, 3.05) is 32.7 Å². The predicted octanol–water partition coefficient (Wildman–Crippen LogP) is 8.18. The molecule has 8 heterocycles. The molecule has 1 amide bonds. The average molecular weight is 1180 g/mol. The number of amides is 1. The van der Waals surface area contributed by atoms with Crippen molar-refractivity contribution in [3.8, 4) is 6.07 Å². The van der Waals surface area contributed by atoms with Crippen LogP contribution in [-0.2, 0) is 58.6 Å². The van der Waals surface area contributed by atoms with Crippen LogP contribution in [-0.4, -0.2) is 157 Å². The number of anilines is 1. The third kappa shape index (κ3) is 14.2. The minimum atomic E-state index is -1.83. The zero-order chi connectivity index (χ0) is 59.2. The van der Waals surface area contributed by atoms with Gasteiger partial charge in [-0.15, -0.1) is 11.3 Å². The van der Waals surface area contributed by atoms with Crippen molar-refractivity contribution < 1.29 is 72.3 Å². The molecule has 452 valence electrons. The summed E-state index contributed by atoms with van der Waals surface area (Å²) >= 11 is 2.78. The fraction of sp³-hybridized carbons (Fsp3) is 0.672. The number of fused-ring (bicyclic) bond motifs is 2. The average Bonchev–Trinajstić information content (AvgIpc) is 3.18. The van der Waals surface area contributed by atoms with E-state index in [1.165, 1.54) is 22.7 Å². The van der Waals surface area contributed by atoms with Gasteiger partial charge < -0.3 is 73.3 Å². The SMILES string of the molecule is CCNc1nc(CC)c(C(=O)NC(C#N)c2cccs2)s1.CO[C@H]1C[C@H](O[C@H]2[C@H](C)O[C@@H](O[C@@H]3/C(C)=C/C[C@@H]4C[C@@H](C[C@]5(C=C[C@H](C)[C@@H](C(C)C)O5)O4)OC(=O)[C@@H]4C=C(C)[C@@H](O)[C@H]5OC/C(=C\C=C\[C@@H]3C)[C@]54O)C[C@@H]2OC)O[C@@H](C)[C@@H]1O. The first-order chi connectivity index (χ1) is 39.1. The van der Waals surface area contributed by atoms with E-state index in [-0.39, 0.29) is 48.6 Å². The van der Waals surface area contributed by atoms with Gasteiger partial charge in [0.25, 0.3) is 5.91 Å². The van der Waals surface area contributed by atoms with Gasteiger partial charge in [0.2, 0.25) is 0 Å². The van der Waals surface area contributed by atoms with E-state index < -0.39 is 96.8 Å². The summed E-state index contributed by atoms with van der Waals surface area (Å²) < 4.78 is 63.5. The lowest BCUT2D eigenvalue weighted by molar-refractivity contribution is -0.318. The van der Waals surface area contributed by atoms with Crippen LogP contribution >= 0.6 is 22.7 Å². The van der Waals surface area contributed by atoms with Crippen molar-refractivity contribution in [3.63, 3.8) is 0 Å². The van der Waals surface area contributed by atoms with Crippen molar-refractivity contribution in [1.29, 1.82) is 5.26 Å². The molecule has 4 fully saturated rings. The van der Waals surface area contributed by atoms with Crippen LogP contribution in [0.3, 0.4) is 0 Å². The first kappa shape index (κ1) is 63.8. The fourth-order valence-corrected chi connectivity index (χ4v) is 14.0. The van der Waals surface area contributed by atoms with Crippen molar-refractivity contribution in [3.05, 3.63) is 92.2 Å². The number of aryl methyl sites for hydroxylation is 1. The summed E-state index contributed by atoms with van der Waals surface area (Å²) in [4.78, 5) is 32.5. The topological polar surface area (TPSA) is 248 Å². The van der Waals surface area contributed by atoms with Gasteiger partial charge in [0, 0.05) is 63.2 Å². The van der Waals surface area contributed by atoms with Crippen molar-refractivity contribution >= 4 is 39.7 Å². The second-order valence-electron chi connectivity index (χ2n) is 23.0. The summed E-state index contributed by atoms with van der Waals surface area (Å²) in [7, 11) is 3.22. The molecule has 82 heavy (non-hydrogen) atoms. The molecule has 5 N–H and O–H groups in total. The number of allylic oxidation sites excluding steroid dienone is 2. The Morgan fingerprint density at radius 2 is 1.70 bits per heavy atom. The van der Waals surface area contributed by atoms with Gasteiger partial charge >= 0.3 is 5.97 Å². The summed E-state index contributed by atoms with van der Waals surface area (Å²) in [5.41, 5.74) is 0.890. The molecule has 1 spiro atoms. The third-order valence-electron chi connectivity index (χ3n) is 16.8. The highest BCUT2D eigenvalue weighted by Gasteiger charge is 2.60.